The normalized spacial score (nSPS) is 13.5. The van der Waals surface area contributed by atoms with E-state index in [1.807, 2.05) is 0 Å². The van der Waals surface area contributed by atoms with Crippen LogP contribution in [0.2, 0.25) is 0 Å². The molecule has 0 aromatic rings. The number of carbonyl (C=O) groups is 2. The fourth-order valence-electron chi connectivity index (χ4n) is 1.10. The zero-order valence-corrected chi connectivity index (χ0v) is 10.3. The van der Waals surface area contributed by atoms with Gasteiger partial charge >= 0.3 is 12.1 Å². The van der Waals surface area contributed by atoms with Gasteiger partial charge in [-0.15, -0.1) is 0 Å². The number of rotatable bonds is 8. The van der Waals surface area contributed by atoms with Crippen molar-refractivity contribution < 1.29 is 29.3 Å². The van der Waals surface area contributed by atoms with Crippen LogP contribution in [0.5, 0.6) is 0 Å². The predicted octanol–water partition coefficient (Wildman–Crippen LogP) is 0.0506. The van der Waals surface area contributed by atoms with Gasteiger partial charge in [-0.05, 0) is 19.8 Å². The predicted molar refractivity (Wildman–Crippen MR) is 62.3 cm³/mol. The molecule has 0 heterocycles. The average molecular weight is 261 g/mol. The van der Waals surface area contributed by atoms with Crippen LogP contribution in [0.4, 0.5) is 4.79 Å². The molecule has 104 valence electrons. The molecule has 7 nitrogen and oxygen atoms in total. The third kappa shape index (κ3) is 7.64. The quantitative estimate of drug-likeness (QED) is 0.322. The van der Waals surface area contributed by atoms with Gasteiger partial charge in [-0.3, -0.25) is 0 Å². The van der Waals surface area contributed by atoms with E-state index in [0.29, 0.717) is 12.8 Å². The van der Waals surface area contributed by atoms with Crippen LogP contribution >= 0.6 is 0 Å². The molecule has 0 saturated heterocycles. The number of primary amides is 1. The van der Waals surface area contributed by atoms with Gasteiger partial charge in [-0.2, -0.15) is 0 Å². The van der Waals surface area contributed by atoms with Crippen molar-refractivity contribution in [3.8, 4) is 0 Å². The Morgan fingerprint density at radius 1 is 1.33 bits per heavy atom. The minimum atomic E-state index is -1.11. The van der Waals surface area contributed by atoms with E-state index in [1.54, 1.807) is 0 Å². The van der Waals surface area contributed by atoms with Gasteiger partial charge < -0.3 is 25.4 Å². The molecular formula is C11H19NO6. The molecule has 0 aromatic heterocycles. The van der Waals surface area contributed by atoms with E-state index in [1.165, 1.54) is 6.92 Å². The minimum Gasteiger partial charge on any atom is -0.422 e. The molecule has 2 atom stereocenters. The second kappa shape index (κ2) is 8.48. The molecule has 0 fully saturated rings. The molecule has 0 bridgehead atoms. The Kier molecular flexibility index (Phi) is 7.73. The van der Waals surface area contributed by atoms with Crippen molar-refractivity contribution in [2.45, 2.75) is 38.6 Å². The van der Waals surface area contributed by atoms with Gasteiger partial charge in [0, 0.05) is 12.0 Å². The highest BCUT2D eigenvalue weighted by Crippen LogP contribution is 2.10. The molecule has 18 heavy (non-hydrogen) atoms. The number of aliphatic hydroxyl groups is 2. The van der Waals surface area contributed by atoms with Crippen molar-refractivity contribution in [3.63, 3.8) is 0 Å². The molecule has 0 saturated carbocycles. The van der Waals surface area contributed by atoms with E-state index in [-0.39, 0.29) is 18.6 Å². The Balaban J connectivity index is 4.19. The number of carbonyl (C=O) groups excluding carboxylic acids is 2. The van der Waals surface area contributed by atoms with Gasteiger partial charge in [0.2, 0.25) is 6.29 Å². The van der Waals surface area contributed by atoms with Gasteiger partial charge in [0.1, 0.15) is 0 Å². The monoisotopic (exact) mass is 261 g/mol. The summed E-state index contributed by atoms with van der Waals surface area (Å²) in [7, 11) is 0. The summed E-state index contributed by atoms with van der Waals surface area (Å²) in [5.41, 5.74) is 5.01. The van der Waals surface area contributed by atoms with Crippen molar-refractivity contribution in [3.05, 3.63) is 12.2 Å². The lowest BCUT2D eigenvalue weighted by atomic mass is 10.1. The molecular weight excluding hydrogens is 242 g/mol. The van der Waals surface area contributed by atoms with Crippen molar-refractivity contribution in [2.24, 2.45) is 5.73 Å². The van der Waals surface area contributed by atoms with Gasteiger partial charge in [0.25, 0.3) is 0 Å². The number of hydrogen-bond donors (Lipinski definition) is 3. The van der Waals surface area contributed by atoms with E-state index in [4.69, 9.17) is 20.7 Å². The Morgan fingerprint density at radius 2 is 1.94 bits per heavy atom. The minimum absolute atomic E-state index is 0.170. The van der Waals surface area contributed by atoms with Crippen molar-refractivity contribution in [2.75, 3.05) is 6.61 Å². The van der Waals surface area contributed by atoms with Crippen LogP contribution in [-0.2, 0) is 14.3 Å². The number of amides is 1. The molecule has 0 aromatic carbocycles. The highest BCUT2D eigenvalue weighted by molar-refractivity contribution is 5.87. The lowest BCUT2D eigenvalue weighted by molar-refractivity contribution is -0.163. The summed E-state index contributed by atoms with van der Waals surface area (Å²) < 4.78 is 9.43. The third-order valence-electron chi connectivity index (χ3n) is 2.02. The van der Waals surface area contributed by atoms with E-state index in [9.17, 15) is 9.59 Å². The molecule has 2 unspecified atom stereocenters. The number of aliphatic hydroxyl groups excluding tert-OH is 2. The summed E-state index contributed by atoms with van der Waals surface area (Å²) in [5, 5.41) is 17.7. The Labute approximate surface area is 105 Å². The van der Waals surface area contributed by atoms with Gasteiger partial charge in [0.05, 0.1) is 12.7 Å². The summed E-state index contributed by atoms with van der Waals surface area (Å²) in [6.45, 7) is 4.49. The van der Waals surface area contributed by atoms with Crippen molar-refractivity contribution >= 4 is 12.1 Å². The topological polar surface area (TPSA) is 119 Å². The first-order chi connectivity index (χ1) is 8.36. The largest absolute Gasteiger partial charge is 0.422 e. The molecule has 0 rings (SSSR count). The maximum absolute atomic E-state index is 11.2. The Hall–Kier alpha value is -1.60. The maximum Gasteiger partial charge on any atom is 0.407 e. The fraction of sp³-hybridized carbons (Fsp3) is 0.636. The van der Waals surface area contributed by atoms with Crippen LogP contribution in [0.1, 0.15) is 26.2 Å². The smallest absolute Gasteiger partial charge is 0.407 e. The molecule has 0 radical (unpaired) electrons. The summed E-state index contributed by atoms with van der Waals surface area (Å²) in [5.74, 6) is -0.691. The van der Waals surface area contributed by atoms with Gasteiger partial charge in [-0.25, -0.2) is 9.59 Å². The lowest BCUT2D eigenvalue weighted by Crippen LogP contribution is -2.28. The van der Waals surface area contributed by atoms with Crippen LogP contribution in [0.15, 0.2) is 12.2 Å². The van der Waals surface area contributed by atoms with Crippen LogP contribution in [0, 0.1) is 0 Å². The van der Waals surface area contributed by atoms with E-state index >= 15 is 0 Å². The molecule has 0 spiro atoms. The number of hydrogen-bond acceptors (Lipinski definition) is 6. The van der Waals surface area contributed by atoms with Gasteiger partial charge in [0.15, 0.2) is 0 Å². The van der Waals surface area contributed by atoms with Crippen LogP contribution in [0.3, 0.4) is 0 Å². The Morgan fingerprint density at radius 3 is 2.39 bits per heavy atom. The molecule has 0 aliphatic rings. The summed E-state index contributed by atoms with van der Waals surface area (Å²) in [4.78, 5) is 21.9. The first-order valence-electron chi connectivity index (χ1n) is 5.48. The van der Waals surface area contributed by atoms with E-state index < -0.39 is 24.5 Å². The second-order valence-corrected chi connectivity index (χ2v) is 3.82. The first-order valence-corrected chi connectivity index (χ1v) is 5.48. The summed E-state index contributed by atoms with van der Waals surface area (Å²) in [6.07, 6.45) is -2.16. The van der Waals surface area contributed by atoms with Crippen LogP contribution in [-0.4, -0.2) is 41.3 Å². The standard InChI is InChI=1S/C11H19NO6/c1-7(2)10(15)17-9(18-11(12)16)5-3-4-8(14)6-13/h8-9,13-14H,1,3-6H2,2H3,(H2,12,16). The van der Waals surface area contributed by atoms with Gasteiger partial charge in [-0.1, -0.05) is 6.58 Å². The Bertz CT molecular complexity index is 304. The fourth-order valence-corrected chi connectivity index (χ4v) is 1.10. The summed E-state index contributed by atoms with van der Waals surface area (Å²) >= 11 is 0. The molecule has 0 aliphatic carbocycles. The molecule has 7 heteroatoms. The first kappa shape index (κ1) is 16.4. The van der Waals surface area contributed by atoms with Crippen molar-refractivity contribution in [1.82, 2.24) is 0 Å². The highest BCUT2D eigenvalue weighted by atomic mass is 16.7. The molecule has 4 N–H and O–H groups in total. The molecule has 1 amide bonds. The van der Waals surface area contributed by atoms with Crippen molar-refractivity contribution in [1.29, 1.82) is 0 Å². The summed E-state index contributed by atoms with van der Waals surface area (Å²) in [6, 6.07) is 0. The van der Waals surface area contributed by atoms with E-state index in [0.717, 1.165) is 0 Å². The SMILES string of the molecule is C=C(C)C(=O)OC(CCCC(O)CO)OC(N)=O. The maximum atomic E-state index is 11.2. The van der Waals surface area contributed by atoms with Crippen LogP contribution in [0.25, 0.3) is 0 Å². The molecule has 0 aliphatic heterocycles. The highest BCUT2D eigenvalue weighted by Gasteiger charge is 2.18. The average Bonchev–Trinajstić information content (AvgIpc) is 2.27. The number of esters is 1. The second-order valence-electron chi connectivity index (χ2n) is 3.82. The number of ether oxygens (including phenoxy) is 2. The number of nitrogens with two attached hydrogens (primary N) is 1. The van der Waals surface area contributed by atoms with Crippen LogP contribution < -0.4 is 5.73 Å². The van der Waals surface area contributed by atoms with E-state index in [2.05, 4.69) is 11.3 Å². The zero-order valence-electron chi connectivity index (χ0n) is 10.3. The lowest BCUT2D eigenvalue weighted by Gasteiger charge is -2.17. The zero-order chi connectivity index (χ0) is 14.1. The third-order valence-corrected chi connectivity index (χ3v) is 2.02.